The van der Waals surface area contributed by atoms with E-state index in [1.165, 1.54) is 0 Å². The Bertz CT molecular complexity index is 389. The highest BCUT2D eigenvalue weighted by molar-refractivity contribution is 7.71. The molecule has 12 heavy (non-hydrogen) atoms. The quantitative estimate of drug-likeness (QED) is 0.417. The van der Waals surface area contributed by atoms with Gasteiger partial charge in [0.1, 0.15) is 15.4 Å². The molecule has 0 saturated heterocycles. The number of aromatic nitrogens is 1. The van der Waals surface area contributed by atoms with Crippen molar-refractivity contribution in [3.63, 3.8) is 0 Å². The predicted molar refractivity (Wildman–Crippen MR) is 47.7 cm³/mol. The predicted octanol–water partition coefficient (Wildman–Crippen LogP) is 1.89. The number of H-pyrrole nitrogens is 1. The van der Waals surface area contributed by atoms with E-state index in [9.17, 15) is 10.1 Å². The lowest BCUT2D eigenvalue weighted by molar-refractivity contribution is -0.385. The third-order valence-electron chi connectivity index (χ3n) is 1.23. The number of hydrogen-bond acceptors (Lipinski definition) is 4. The number of nitrogens with zero attached hydrogens (tertiary/aromatic N) is 1. The van der Waals surface area contributed by atoms with Gasteiger partial charge < -0.3 is 10.7 Å². The fourth-order valence-electron chi connectivity index (χ4n) is 0.645. The SMILES string of the molecule is Nc1[nH]cc([N+](=O)[O-])c(=S)c1Cl. The van der Waals surface area contributed by atoms with Crippen molar-refractivity contribution in [2.45, 2.75) is 0 Å². The Balaban J connectivity index is 3.47. The van der Waals surface area contributed by atoms with Crippen molar-refractivity contribution in [2.75, 3.05) is 5.73 Å². The Morgan fingerprint density at radius 3 is 2.83 bits per heavy atom. The number of rotatable bonds is 1. The summed E-state index contributed by atoms with van der Waals surface area (Å²) in [4.78, 5) is 12.1. The number of halogens is 1. The summed E-state index contributed by atoms with van der Waals surface area (Å²) in [5.74, 6) is 0.132. The first-order valence-electron chi connectivity index (χ1n) is 2.85. The summed E-state index contributed by atoms with van der Waals surface area (Å²) in [6.45, 7) is 0. The molecule has 0 aliphatic rings. The highest BCUT2D eigenvalue weighted by Crippen LogP contribution is 2.24. The van der Waals surface area contributed by atoms with Gasteiger partial charge in [-0.2, -0.15) is 0 Å². The molecule has 0 fully saturated rings. The fraction of sp³-hybridized carbons (Fsp3) is 0. The van der Waals surface area contributed by atoms with Gasteiger partial charge in [-0.05, 0) is 0 Å². The van der Waals surface area contributed by atoms with Gasteiger partial charge in [0.2, 0.25) is 0 Å². The van der Waals surface area contributed by atoms with E-state index < -0.39 is 4.92 Å². The largest absolute Gasteiger partial charge is 0.384 e. The molecular formula is C5H4ClN3O2S. The maximum Gasteiger partial charge on any atom is 0.304 e. The number of anilines is 1. The minimum Gasteiger partial charge on any atom is -0.384 e. The van der Waals surface area contributed by atoms with E-state index in [-0.39, 0.29) is 21.0 Å². The van der Waals surface area contributed by atoms with E-state index in [2.05, 4.69) is 17.2 Å². The van der Waals surface area contributed by atoms with Gasteiger partial charge in [-0.1, -0.05) is 23.8 Å². The van der Waals surface area contributed by atoms with Crippen LogP contribution in [-0.2, 0) is 0 Å². The van der Waals surface area contributed by atoms with Crippen LogP contribution in [0.15, 0.2) is 6.20 Å². The average molecular weight is 206 g/mol. The van der Waals surface area contributed by atoms with E-state index in [1.807, 2.05) is 0 Å². The van der Waals surface area contributed by atoms with Gasteiger partial charge in [-0.3, -0.25) is 10.1 Å². The summed E-state index contributed by atoms with van der Waals surface area (Å²) >= 11 is 10.2. The zero-order chi connectivity index (χ0) is 9.30. The number of nitro groups is 1. The normalized spacial score (nSPS) is 9.75. The fourth-order valence-corrected chi connectivity index (χ4v) is 1.04. The minimum atomic E-state index is -0.621. The monoisotopic (exact) mass is 205 g/mol. The van der Waals surface area contributed by atoms with Gasteiger partial charge in [0.15, 0.2) is 0 Å². The molecule has 1 aromatic rings. The molecule has 1 rings (SSSR count). The summed E-state index contributed by atoms with van der Waals surface area (Å²) < 4.78 is -0.0436. The van der Waals surface area contributed by atoms with E-state index in [4.69, 9.17) is 17.3 Å². The second kappa shape index (κ2) is 3.08. The number of pyridine rings is 1. The standard InChI is InChI=1S/C5H4ClN3O2S/c6-3-4(12)2(9(10)11)1-8-5(3)7/h1H,(H3,7,8,12). The minimum absolute atomic E-state index is 0.0131. The number of nitrogens with two attached hydrogens (primary N) is 1. The topological polar surface area (TPSA) is 85.0 Å². The molecule has 0 amide bonds. The smallest absolute Gasteiger partial charge is 0.304 e. The summed E-state index contributed by atoms with van der Waals surface area (Å²) in [6.07, 6.45) is 1.11. The number of nitrogens with one attached hydrogen (secondary N) is 1. The lowest BCUT2D eigenvalue weighted by Gasteiger charge is -1.97. The van der Waals surface area contributed by atoms with Gasteiger partial charge in [0.05, 0.1) is 11.1 Å². The van der Waals surface area contributed by atoms with Crippen molar-refractivity contribution in [2.24, 2.45) is 0 Å². The first kappa shape index (κ1) is 8.95. The molecule has 1 heterocycles. The Hall–Kier alpha value is -1.14. The maximum absolute atomic E-state index is 10.3. The van der Waals surface area contributed by atoms with E-state index in [1.54, 1.807) is 0 Å². The molecule has 0 bridgehead atoms. The Morgan fingerprint density at radius 2 is 2.33 bits per heavy atom. The third kappa shape index (κ3) is 1.39. The molecule has 7 heteroatoms. The van der Waals surface area contributed by atoms with Crippen LogP contribution in [0.5, 0.6) is 0 Å². The summed E-state index contributed by atoms with van der Waals surface area (Å²) in [5, 5.41) is 10.3. The van der Waals surface area contributed by atoms with Gasteiger partial charge in [0.25, 0.3) is 0 Å². The van der Waals surface area contributed by atoms with Crippen LogP contribution in [0.25, 0.3) is 0 Å². The van der Waals surface area contributed by atoms with Crippen LogP contribution in [0.3, 0.4) is 0 Å². The van der Waals surface area contributed by atoms with Crippen LogP contribution in [0.2, 0.25) is 5.02 Å². The van der Waals surface area contributed by atoms with Crippen molar-refractivity contribution in [3.8, 4) is 0 Å². The molecule has 0 spiro atoms. The van der Waals surface area contributed by atoms with Crippen LogP contribution >= 0.6 is 23.8 Å². The molecule has 0 radical (unpaired) electrons. The Labute approximate surface area is 77.3 Å². The average Bonchev–Trinajstić information content (AvgIpc) is 2.00. The summed E-state index contributed by atoms with van der Waals surface area (Å²) in [6, 6.07) is 0. The van der Waals surface area contributed by atoms with Crippen LogP contribution in [-0.4, -0.2) is 9.91 Å². The molecule has 64 valence electrons. The molecule has 0 aromatic carbocycles. The van der Waals surface area contributed by atoms with E-state index in [0.717, 1.165) is 6.20 Å². The molecule has 3 N–H and O–H groups in total. The lowest BCUT2D eigenvalue weighted by Crippen LogP contribution is -1.95. The second-order valence-corrected chi connectivity index (χ2v) is 2.77. The second-order valence-electron chi connectivity index (χ2n) is 1.99. The zero-order valence-electron chi connectivity index (χ0n) is 5.70. The molecule has 0 unspecified atom stereocenters. The molecule has 5 nitrogen and oxygen atoms in total. The first-order valence-corrected chi connectivity index (χ1v) is 3.63. The maximum atomic E-state index is 10.3. The molecule has 0 saturated carbocycles. The van der Waals surface area contributed by atoms with E-state index >= 15 is 0 Å². The van der Waals surface area contributed by atoms with Gasteiger partial charge >= 0.3 is 5.69 Å². The zero-order valence-corrected chi connectivity index (χ0v) is 7.28. The van der Waals surface area contributed by atoms with Crippen molar-refractivity contribution >= 4 is 35.3 Å². The molecule has 0 atom stereocenters. The van der Waals surface area contributed by atoms with Crippen molar-refractivity contribution < 1.29 is 4.92 Å². The van der Waals surface area contributed by atoms with E-state index in [0.29, 0.717) is 0 Å². The van der Waals surface area contributed by atoms with Crippen molar-refractivity contribution in [3.05, 3.63) is 25.8 Å². The summed E-state index contributed by atoms with van der Waals surface area (Å²) in [5.41, 5.74) is 5.07. The van der Waals surface area contributed by atoms with Crippen molar-refractivity contribution in [1.29, 1.82) is 0 Å². The first-order chi connectivity index (χ1) is 5.54. The van der Waals surface area contributed by atoms with Crippen LogP contribution in [0, 0.1) is 14.6 Å². The van der Waals surface area contributed by atoms with Crippen molar-refractivity contribution in [1.82, 2.24) is 4.98 Å². The molecule has 1 aromatic heterocycles. The molecule has 0 aliphatic carbocycles. The third-order valence-corrected chi connectivity index (χ3v) is 2.15. The lowest BCUT2D eigenvalue weighted by atomic mass is 10.4. The van der Waals surface area contributed by atoms with Crippen LogP contribution in [0.1, 0.15) is 0 Å². The summed E-state index contributed by atoms with van der Waals surface area (Å²) in [7, 11) is 0. The number of hydrogen-bond donors (Lipinski definition) is 2. The number of aromatic amines is 1. The molecule has 0 aliphatic heterocycles. The highest BCUT2D eigenvalue weighted by atomic mass is 35.5. The van der Waals surface area contributed by atoms with Crippen LogP contribution in [0.4, 0.5) is 11.5 Å². The van der Waals surface area contributed by atoms with Gasteiger partial charge in [-0.15, -0.1) is 0 Å². The van der Waals surface area contributed by atoms with Gasteiger partial charge in [-0.25, -0.2) is 0 Å². The molecular weight excluding hydrogens is 202 g/mol. The highest BCUT2D eigenvalue weighted by Gasteiger charge is 2.12. The van der Waals surface area contributed by atoms with Gasteiger partial charge in [0, 0.05) is 0 Å². The Morgan fingerprint density at radius 1 is 1.75 bits per heavy atom. The Kier molecular flexibility index (Phi) is 2.30. The number of nitrogen functional groups attached to an aromatic ring is 1. The van der Waals surface area contributed by atoms with Crippen LogP contribution < -0.4 is 5.73 Å².